The van der Waals surface area contributed by atoms with Gasteiger partial charge in [0.1, 0.15) is 0 Å². The van der Waals surface area contributed by atoms with Gasteiger partial charge in [-0.25, -0.2) is 0 Å². The molecule has 0 saturated heterocycles. The van der Waals surface area contributed by atoms with E-state index in [0.717, 1.165) is 32.4 Å². The third-order valence-electron chi connectivity index (χ3n) is 3.69. The molecule has 1 rings (SSSR count). The molecule has 100 valence electrons. The van der Waals surface area contributed by atoms with E-state index in [4.69, 9.17) is 5.73 Å². The molecule has 4 nitrogen and oxygen atoms in total. The predicted molar refractivity (Wildman–Crippen MR) is 70.7 cm³/mol. The van der Waals surface area contributed by atoms with Crippen LogP contribution in [-0.4, -0.2) is 55.5 Å². The van der Waals surface area contributed by atoms with E-state index in [1.54, 1.807) is 4.90 Å². The number of nitrogens with two attached hydrogens (primary N) is 1. The first-order valence-electron chi connectivity index (χ1n) is 6.54. The van der Waals surface area contributed by atoms with Crippen LogP contribution in [0.5, 0.6) is 0 Å². The summed E-state index contributed by atoms with van der Waals surface area (Å²) in [5.74, 6) is 0.686. The van der Waals surface area contributed by atoms with Gasteiger partial charge in [-0.1, -0.05) is 19.8 Å². The number of carbonyl (C=O) groups excluding carboxylic acids is 1. The van der Waals surface area contributed by atoms with Crippen molar-refractivity contribution >= 4 is 5.91 Å². The molecule has 0 aromatic carbocycles. The molecule has 0 aromatic rings. The van der Waals surface area contributed by atoms with Gasteiger partial charge >= 0.3 is 0 Å². The summed E-state index contributed by atoms with van der Waals surface area (Å²) in [6.45, 7) is 3.82. The van der Waals surface area contributed by atoms with Crippen LogP contribution in [0.3, 0.4) is 0 Å². The van der Waals surface area contributed by atoms with Crippen LogP contribution in [0.15, 0.2) is 0 Å². The minimum absolute atomic E-state index is 0.117. The normalized spacial score (nSPS) is 29.4. The van der Waals surface area contributed by atoms with Crippen molar-refractivity contribution in [3.63, 3.8) is 0 Å². The zero-order valence-corrected chi connectivity index (χ0v) is 11.7. The minimum atomic E-state index is -0.612. The summed E-state index contributed by atoms with van der Waals surface area (Å²) in [6, 6.07) is 0. The molecule has 1 amide bonds. The molecule has 2 atom stereocenters. The highest BCUT2D eigenvalue weighted by Gasteiger charge is 2.39. The summed E-state index contributed by atoms with van der Waals surface area (Å²) < 4.78 is 0. The van der Waals surface area contributed by atoms with Crippen LogP contribution in [0.1, 0.15) is 32.6 Å². The minimum Gasteiger partial charge on any atom is -0.343 e. The number of rotatable bonds is 4. The maximum Gasteiger partial charge on any atom is 0.242 e. The lowest BCUT2D eigenvalue weighted by atomic mass is 9.76. The zero-order chi connectivity index (χ0) is 13.1. The number of likely N-dealkylation sites (N-methyl/N-ethyl adjacent to an activating group) is 2. The fourth-order valence-electron chi connectivity index (χ4n) is 2.62. The van der Waals surface area contributed by atoms with E-state index in [2.05, 4.69) is 11.8 Å². The van der Waals surface area contributed by atoms with Crippen molar-refractivity contribution in [1.82, 2.24) is 9.80 Å². The molecule has 1 aliphatic rings. The second kappa shape index (κ2) is 5.83. The molecule has 4 heteroatoms. The van der Waals surface area contributed by atoms with Crippen molar-refractivity contribution in [2.24, 2.45) is 11.7 Å². The van der Waals surface area contributed by atoms with E-state index < -0.39 is 5.54 Å². The SMILES string of the molecule is CC1CCCC(N)(C(=O)N(C)CCN(C)C)C1. The third-order valence-corrected chi connectivity index (χ3v) is 3.69. The molecule has 0 aromatic heterocycles. The van der Waals surface area contributed by atoms with E-state index in [-0.39, 0.29) is 5.91 Å². The van der Waals surface area contributed by atoms with Gasteiger partial charge in [0.15, 0.2) is 0 Å². The van der Waals surface area contributed by atoms with Gasteiger partial charge in [-0.2, -0.15) is 0 Å². The van der Waals surface area contributed by atoms with Gasteiger partial charge in [-0.15, -0.1) is 0 Å². The Bertz CT molecular complexity index is 267. The lowest BCUT2D eigenvalue weighted by Gasteiger charge is -2.38. The van der Waals surface area contributed by atoms with Crippen molar-refractivity contribution in [2.45, 2.75) is 38.1 Å². The average Bonchev–Trinajstić information content (AvgIpc) is 2.24. The third kappa shape index (κ3) is 3.96. The van der Waals surface area contributed by atoms with Gasteiger partial charge < -0.3 is 15.5 Å². The fourth-order valence-corrected chi connectivity index (χ4v) is 2.62. The summed E-state index contributed by atoms with van der Waals surface area (Å²) in [4.78, 5) is 16.2. The van der Waals surface area contributed by atoms with E-state index in [1.807, 2.05) is 21.1 Å². The van der Waals surface area contributed by atoms with E-state index in [0.29, 0.717) is 5.92 Å². The van der Waals surface area contributed by atoms with Crippen molar-refractivity contribution in [2.75, 3.05) is 34.2 Å². The van der Waals surface area contributed by atoms with Crippen LogP contribution in [0.2, 0.25) is 0 Å². The summed E-state index contributed by atoms with van der Waals surface area (Å²) >= 11 is 0. The number of amides is 1. The highest BCUT2D eigenvalue weighted by molar-refractivity contribution is 5.86. The van der Waals surface area contributed by atoms with Gasteiger partial charge in [-0.3, -0.25) is 4.79 Å². The van der Waals surface area contributed by atoms with Crippen molar-refractivity contribution in [1.29, 1.82) is 0 Å². The molecule has 17 heavy (non-hydrogen) atoms. The first-order valence-corrected chi connectivity index (χ1v) is 6.54. The lowest BCUT2D eigenvalue weighted by molar-refractivity contribution is -0.137. The molecule has 0 aliphatic heterocycles. The summed E-state index contributed by atoms with van der Waals surface area (Å²) in [6.07, 6.45) is 3.94. The van der Waals surface area contributed by atoms with Gasteiger partial charge in [0.05, 0.1) is 5.54 Å². The highest BCUT2D eigenvalue weighted by Crippen LogP contribution is 2.31. The maximum atomic E-state index is 12.4. The summed E-state index contributed by atoms with van der Waals surface area (Å²) in [5, 5.41) is 0. The molecule has 0 bridgehead atoms. The zero-order valence-electron chi connectivity index (χ0n) is 11.7. The Kier molecular flexibility index (Phi) is 4.95. The van der Waals surface area contributed by atoms with Gasteiger partial charge in [0.25, 0.3) is 0 Å². The van der Waals surface area contributed by atoms with Crippen molar-refractivity contribution in [3.8, 4) is 0 Å². The van der Waals surface area contributed by atoms with Crippen LogP contribution >= 0.6 is 0 Å². The average molecular weight is 241 g/mol. The van der Waals surface area contributed by atoms with Gasteiger partial charge in [0, 0.05) is 20.1 Å². The fraction of sp³-hybridized carbons (Fsp3) is 0.923. The quantitative estimate of drug-likeness (QED) is 0.796. The van der Waals surface area contributed by atoms with Gasteiger partial charge in [0.2, 0.25) is 5.91 Å². The second-order valence-corrected chi connectivity index (χ2v) is 5.89. The smallest absolute Gasteiger partial charge is 0.242 e. The molecule has 1 fully saturated rings. The summed E-state index contributed by atoms with van der Waals surface area (Å²) in [5.41, 5.74) is 5.68. The monoisotopic (exact) mass is 241 g/mol. The predicted octanol–water partition coefficient (Wildman–Crippen LogP) is 0.914. The first-order chi connectivity index (χ1) is 7.85. The topological polar surface area (TPSA) is 49.6 Å². The van der Waals surface area contributed by atoms with E-state index >= 15 is 0 Å². The standard InChI is InChI=1S/C13H27N3O/c1-11-6-5-7-13(14,10-11)12(17)16(4)9-8-15(2)3/h11H,5-10,14H2,1-4H3. The Morgan fingerprint density at radius 3 is 2.53 bits per heavy atom. The van der Waals surface area contributed by atoms with E-state index in [1.165, 1.54) is 6.42 Å². The molecular weight excluding hydrogens is 214 g/mol. The molecular formula is C13H27N3O. The molecule has 0 spiro atoms. The Labute approximate surface area is 105 Å². The summed E-state index contributed by atoms with van der Waals surface area (Å²) in [7, 11) is 5.89. The van der Waals surface area contributed by atoms with Crippen molar-refractivity contribution in [3.05, 3.63) is 0 Å². The van der Waals surface area contributed by atoms with Crippen LogP contribution in [0.4, 0.5) is 0 Å². The molecule has 2 N–H and O–H groups in total. The number of hydrogen-bond donors (Lipinski definition) is 1. The molecule has 1 aliphatic carbocycles. The molecule has 0 heterocycles. The number of nitrogens with zero attached hydrogens (tertiary/aromatic N) is 2. The van der Waals surface area contributed by atoms with Gasteiger partial charge in [-0.05, 0) is 32.9 Å². The second-order valence-electron chi connectivity index (χ2n) is 5.89. The molecule has 2 unspecified atom stereocenters. The van der Waals surface area contributed by atoms with Crippen LogP contribution in [0, 0.1) is 5.92 Å². The Morgan fingerprint density at radius 1 is 1.35 bits per heavy atom. The molecule has 1 saturated carbocycles. The maximum absolute atomic E-state index is 12.4. The lowest BCUT2D eigenvalue weighted by Crippen LogP contribution is -2.57. The Hall–Kier alpha value is -0.610. The first kappa shape index (κ1) is 14.5. The van der Waals surface area contributed by atoms with E-state index in [9.17, 15) is 4.79 Å². The largest absolute Gasteiger partial charge is 0.343 e. The van der Waals surface area contributed by atoms with Crippen LogP contribution in [-0.2, 0) is 4.79 Å². The Morgan fingerprint density at radius 2 is 2.00 bits per heavy atom. The molecule has 0 radical (unpaired) electrons. The number of hydrogen-bond acceptors (Lipinski definition) is 3. The number of carbonyl (C=O) groups is 1. The van der Waals surface area contributed by atoms with Crippen LogP contribution in [0.25, 0.3) is 0 Å². The highest BCUT2D eigenvalue weighted by atomic mass is 16.2. The van der Waals surface area contributed by atoms with Crippen LogP contribution < -0.4 is 5.73 Å². The van der Waals surface area contributed by atoms with Crippen molar-refractivity contribution < 1.29 is 4.79 Å². The Balaban J connectivity index is 2.55.